The van der Waals surface area contributed by atoms with E-state index in [9.17, 15) is 9.90 Å². The molecule has 2 aliphatic rings. The molecule has 0 spiro atoms. The van der Waals surface area contributed by atoms with Crippen LogP contribution in [0.15, 0.2) is 0 Å². The zero-order valence-electron chi connectivity index (χ0n) is 10.7. The lowest BCUT2D eigenvalue weighted by molar-refractivity contribution is 0.00489. The number of nitrogens with one attached hydrogen (secondary N) is 1. The van der Waals surface area contributed by atoms with Crippen LogP contribution in [0.3, 0.4) is 0 Å². The highest BCUT2D eigenvalue weighted by Gasteiger charge is 2.61. The van der Waals surface area contributed by atoms with E-state index in [0.717, 1.165) is 0 Å². The normalized spacial score (nSPS) is 31.1. The van der Waals surface area contributed by atoms with Crippen LogP contribution in [0.25, 0.3) is 0 Å². The van der Waals surface area contributed by atoms with Crippen LogP contribution in [-0.4, -0.2) is 41.2 Å². The van der Waals surface area contributed by atoms with Crippen molar-refractivity contribution in [3.8, 4) is 0 Å². The molecule has 17 heavy (non-hydrogen) atoms. The van der Waals surface area contributed by atoms with Crippen molar-refractivity contribution in [2.24, 2.45) is 0 Å². The fourth-order valence-electron chi connectivity index (χ4n) is 2.24. The molecule has 2 N–H and O–H groups in total. The lowest BCUT2D eigenvalue weighted by Crippen LogP contribution is -2.59. The zero-order valence-corrected chi connectivity index (χ0v) is 10.7. The van der Waals surface area contributed by atoms with E-state index in [-0.39, 0.29) is 0 Å². The Morgan fingerprint density at radius 1 is 1.35 bits per heavy atom. The largest absolute Gasteiger partial charge is 0.444 e. The van der Waals surface area contributed by atoms with Crippen LogP contribution >= 0.6 is 0 Å². The molecular weight excluding hydrogens is 222 g/mol. The highest BCUT2D eigenvalue weighted by Crippen LogP contribution is 2.48. The molecule has 0 aromatic rings. The van der Waals surface area contributed by atoms with Gasteiger partial charge in [-0.3, -0.25) is 0 Å². The molecule has 2 fully saturated rings. The minimum absolute atomic E-state index is 0.364. The molecule has 1 aliphatic carbocycles. The van der Waals surface area contributed by atoms with Crippen LogP contribution < -0.4 is 5.32 Å². The number of rotatable bonds is 2. The van der Waals surface area contributed by atoms with Gasteiger partial charge in [-0.25, -0.2) is 4.79 Å². The molecule has 2 rings (SSSR count). The van der Waals surface area contributed by atoms with E-state index in [1.165, 1.54) is 0 Å². The van der Waals surface area contributed by atoms with Gasteiger partial charge in [-0.2, -0.15) is 0 Å². The van der Waals surface area contributed by atoms with Crippen LogP contribution in [0.5, 0.6) is 0 Å². The fraction of sp³-hybridized carbons (Fsp3) is 0.917. The maximum Gasteiger partial charge on any atom is 0.408 e. The molecule has 0 bridgehead atoms. The molecule has 1 amide bonds. The van der Waals surface area contributed by atoms with Crippen molar-refractivity contribution < 1.29 is 19.4 Å². The van der Waals surface area contributed by atoms with Crippen molar-refractivity contribution in [3.63, 3.8) is 0 Å². The predicted octanol–water partition coefficient (Wildman–Crippen LogP) is 1.20. The van der Waals surface area contributed by atoms with E-state index in [1.807, 2.05) is 20.8 Å². The second kappa shape index (κ2) is 3.85. The summed E-state index contributed by atoms with van der Waals surface area (Å²) >= 11 is 0. The van der Waals surface area contributed by atoms with Crippen LogP contribution in [0.2, 0.25) is 0 Å². The average Bonchev–Trinajstić information content (AvgIpc) is 2.74. The molecular formula is C12H21NO4. The molecule has 1 atom stereocenters. The molecule has 0 aromatic carbocycles. The quantitative estimate of drug-likeness (QED) is 0.764. The number of carbonyl (C=O) groups is 1. The zero-order chi connectivity index (χ0) is 12.7. The van der Waals surface area contributed by atoms with E-state index >= 15 is 0 Å². The van der Waals surface area contributed by atoms with Gasteiger partial charge in [0, 0.05) is 6.61 Å². The van der Waals surface area contributed by atoms with E-state index < -0.39 is 22.8 Å². The second-order valence-corrected chi connectivity index (χ2v) is 6.04. The second-order valence-electron chi connectivity index (χ2n) is 6.04. The van der Waals surface area contributed by atoms with E-state index in [0.29, 0.717) is 32.5 Å². The van der Waals surface area contributed by atoms with Crippen molar-refractivity contribution in [3.05, 3.63) is 0 Å². The smallest absolute Gasteiger partial charge is 0.408 e. The highest BCUT2D eigenvalue weighted by atomic mass is 16.6. The summed E-state index contributed by atoms with van der Waals surface area (Å²) in [7, 11) is 0. The summed E-state index contributed by atoms with van der Waals surface area (Å²) in [5.74, 6) is 0. The van der Waals surface area contributed by atoms with Crippen molar-refractivity contribution in [2.45, 2.75) is 56.8 Å². The molecule has 1 saturated heterocycles. The van der Waals surface area contributed by atoms with Gasteiger partial charge in [-0.1, -0.05) is 0 Å². The molecule has 0 aromatic heterocycles. The Morgan fingerprint density at radius 2 is 2.00 bits per heavy atom. The summed E-state index contributed by atoms with van der Waals surface area (Å²) in [5.41, 5.74) is -1.99. The topological polar surface area (TPSA) is 67.8 Å². The summed E-state index contributed by atoms with van der Waals surface area (Å²) in [5, 5.41) is 13.1. The summed E-state index contributed by atoms with van der Waals surface area (Å²) in [4.78, 5) is 11.8. The molecule has 0 radical (unpaired) electrons. The SMILES string of the molecule is CC(C)(C)OC(=O)NC1(C2(O)CC2)CCOC1. The van der Waals surface area contributed by atoms with Crippen molar-refractivity contribution >= 4 is 6.09 Å². The van der Waals surface area contributed by atoms with Gasteiger partial charge < -0.3 is 19.9 Å². The van der Waals surface area contributed by atoms with Gasteiger partial charge in [-0.05, 0) is 40.0 Å². The summed E-state index contributed by atoms with van der Waals surface area (Å²) < 4.78 is 10.6. The van der Waals surface area contributed by atoms with E-state index in [2.05, 4.69) is 5.32 Å². The molecule has 1 heterocycles. The Kier molecular flexibility index (Phi) is 2.86. The van der Waals surface area contributed by atoms with E-state index in [1.54, 1.807) is 0 Å². The average molecular weight is 243 g/mol. The molecule has 98 valence electrons. The Hall–Kier alpha value is -0.810. The van der Waals surface area contributed by atoms with Gasteiger partial charge in [0.2, 0.25) is 0 Å². The number of ether oxygens (including phenoxy) is 2. The molecule has 1 aliphatic heterocycles. The van der Waals surface area contributed by atoms with Crippen LogP contribution in [0.4, 0.5) is 4.79 Å². The first kappa shape index (κ1) is 12.6. The lowest BCUT2D eigenvalue weighted by atomic mass is 9.89. The van der Waals surface area contributed by atoms with Crippen LogP contribution in [0.1, 0.15) is 40.0 Å². The van der Waals surface area contributed by atoms with Gasteiger partial charge in [-0.15, -0.1) is 0 Å². The highest BCUT2D eigenvalue weighted by molar-refractivity contribution is 5.69. The van der Waals surface area contributed by atoms with Gasteiger partial charge in [0.05, 0.1) is 17.7 Å². The number of hydrogen-bond acceptors (Lipinski definition) is 4. The Bertz CT molecular complexity index is 311. The molecule has 5 heteroatoms. The molecule has 5 nitrogen and oxygen atoms in total. The minimum Gasteiger partial charge on any atom is -0.444 e. The maximum atomic E-state index is 11.8. The third kappa shape index (κ3) is 2.55. The van der Waals surface area contributed by atoms with E-state index in [4.69, 9.17) is 9.47 Å². The fourth-order valence-corrected chi connectivity index (χ4v) is 2.24. The van der Waals surface area contributed by atoms with Crippen molar-refractivity contribution in [1.29, 1.82) is 0 Å². The predicted molar refractivity (Wildman–Crippen MR) is 61.7 cm³/mol. The standard InChI is InChI=1S/C12H21NO4/c1-10(2,3)17-9(14)13-11(6-7-16-8-11)12(15)4-5-12/h15H,4-8H2,1-3H3,(H,13,14). The Labute approximate surface area is 101 Å². The Morgan fingerprint density at radius 3 is 2.41 bits per heavy atom. The minimum atomic E-state index is -0.805. The monoisotopic (exact) mass is 243 g/mol. The first-order valence-electron chi connectivity index (χ1n) is 6.08. The van der Waals surface area contributed by atoms with Gasteiger partial charge in [0.1, 0.15) is 5.60 Å². The number of hydrogen-bond donors (Lipinski definition) is 2. The lowest BCUT2D eigenvalue weighted by Gasteiger charge is -2.34. The third-order valence-electron chi connectivity index (χ3n) is 3.38. The van der Waals surface area contributed by atoms with Gasteiger partial charge in [0.15, 0.2) is 0 Å². The molecule has 1 saturated carbocycles. The summed E-state index contributed by atoms with van der Waals surface area (Å²) in [6.07, 6.45) is 1.59. The maximum absolute atomic E-state index is 11.8. The van der Waals surface area contributed by atoms with Crippen LogP contribution in [-0.2, 0) is 9.47 Å². The number of alkyl carbamates (subject to hydrolysis) is 1. The van der Waals surface area contributed by atoms with Crippen molar-refractivity contribution in [1.82, 2.24) is 5.32 Å². The number of amides is 1. The van der Waals surface area contributed by atoms with Crippen molar-refractivity contribution in [2.75, 3.05) is 13.2 Å². The number of carbonyl (C=O) groups excluding carboxylic acids is 1. The first-order chi connectivity index (χ1) is 7.77. The summed E-state index contributed by atoms with van der Waals surface area (Å²) in [6.45, 7) is 6.38. The summed E-state index contributed by atoms with van der Waals surface area (Å²) in [6, 6.07) is 0. The molecule has 1 unspecified atom stereocenters. The van der Waals surface area contributed by atoms with Crippen LogP contribution in [0, 0.1) is 0 Å². The third-order valence-corrected chi connectivity index (χ3v) is 3.38. The Balaban J connectivity index is 2.02. The van der Waals surface area contributed by atoms with Gasteiger partial charge >= 0.3 is 6.09 Å². The number of aliphatic hydroxyl groups is 1. The van der Waals surface area contributed by atoms with Gasteiger partial charge in [0.25, 0.3) is 0 Å². The first-order valence-corrected chi connectivity index (χ1v) is 6.08.